The molecule has 0 saturated heterocycles. The molecule has 1 aromatic rings. The van der Waals surface area contributed by atoms with Gasteiger partial charge in [0.05, 0.1) is 11.5 Å². The summed E-state index contributed by atoms with van der Waals surface area (Å²) >= 11 is 3.37. The first-order valence-corrected chi connectivity index (χ1v) is 7.64. The van der Waals surface area contributed by atoms with Crippen molar-refractivity contribution in [3.05, 3.63) is 38.3 Å². The predicted molar refractivity (Wildman–Crippen MR) is 80.5 cm³/mol. The third kappa shape index (κ3) is 3.56. The fourth-order valence-electron chi connectivity index (χ4n) is 2.70. The van der Waals surface area contributed by atoms with Gasteiger partial charge >= 0.3 is 0 Å². The van der Waals surface area contributed by atoms with Gasteiger partial charge in [0, 0.05) is 28.7 Å². The highest BCUT2D eigenvalue weighted by atomic mass is 79.9. The van der Waals surface area contributed by atoms with Gasteiger partial charge < -0.3 is 10.4 Å². The topological polar surface area (TPSA) is 75.4 Å². The van der Waals surface area contributed by atoms with Crippen LogP contribution in [0.4, 0.5) is 5.69 Å². The summed E-state index contributed by atoms with van der Waals surface area (Å²) in [5.41, 5.74) is 0.851. The van der Waals surface area contributed by atoms with E-state index in [1.165, 1.54) is 18.6 Å². The van der Waals surface area contributed by atoms with Crippen molar-refractivity contribution in [2.75, 3.05) is 6.61 Å². The summed E-state index contributed by atoms with van der Waals surface area (Å²) < 4.78 is 0.725. The van der Waals surface area contributed by atoms with Crippen molar-refractivity contribution in [2.24, 2.45) is 0 Å². The van der Waals surface area contributed by atoms with Gasteiger partial charge in [0.25, 0.3) is 5.69 Å². The second kappa shape index (κ2) is 6.65. The number of aliphatic hydroxyl groups excluding tert-OH is 1. The minimum absolute atomic E-state index is 0.0789. The highest BCUT2D eigenvalue weighted by molar-refractivity contribution is 9.10. The average molecular weight is 343 g/mol. The summed E-state index contributed by atoms with van der Waals surface area (Å²) in [7, 11) is 0. The molecule has 1 aliphatic rings. The first kappa shape index (κ1) is 15.4. The predicted octanol–water partition coefficient (Wildman–Crippen LogP) is 3.14. The molecule has 0 spiro atoms. The number of hydrogen-bond donors (Lipinski definition) is 2. The van der Waals surface area contributed by atoms with Crippen LogP contribution in [0.2, 0.25) is 0 Å². The zero-order chi connectivity index (χ0) is 14.6. The molecule has 0 amide bonds. The second-order valence-corrected chi connectivity index (χ2v) is 6.24. The van der Waals surface area contributed by atoms with Crippen molar-refractivity contribution in [2.45, 2.75) is 44.2 Å². The molecule has 0 aliphatic heterocycles. The van der Waals surface area contributed by atoms with Crippen LogP contribution in [0.3, 0.4) is 0 Å². The quantitative estimate of drug-likeness (QED) is 0.636. The molecule has 110 valence electrons. The molecule has 0 atom stereocenters. The molecule has 0 unspecified atom stereocenters. The van der Waals surface area contributed by atoms with E-state index in [0.29, 0.717) is 6.54 Å². The molecule has 0 radical (unpaired) electrons. The summed E-state index contributed by atoms with van der Waals surface area (Å²) in [5.74, 6) is 0. The summed E-state index contributed by atoms with van der Waals surface area (Å²) in [6, 6.07) is 4.78. The van der Waals surface area contributed by atoms with E-state index in [0.717, 1.165) is 35.7 Å². The van der Waals surface area contributed by atoms with Crippen LogP contribution in [0, 0.1) is 10.1 Å². The second-order valence-electron chi connectivity index (χ2n) is 5.39. The number of rotatable bonds is 5. The Bertz CT molecular complexity index is 487. The fraction of sp³-hybridized carbons (Fsp3) is 0.571. The van der Waals surface area contributed by atoms with Crippen molar-refractivity contribution in [3.63, 3.8) is 0 Å². The molecule has 2 N–H and O–H groups in total. The van der Waals surface area contributed by atoms with Gasteiger partial charge in [-0.25, -0.2) is 0 Å². The number of benzene rings is 1. The number of nitro groups is 1. The number of hydrogen-bond acceptors (Lipinski definition) is 4. The van der Waals surface area contributed by atoms with E-state index in [1.54, 1.807) is 6.07 Å². The van der Waals surface area contributed by atoms with Crippen LogP contribution in [0.15, 0.2) is 22.7 Å². The first-order chi connectivity index (χ1) is 9.56. The Morgan fingerprint density at radius 3 is 2.60 bits per heavy atom. The summed E-state index contributed by atoms with van der Waals surface area (Å²) in [4.78, 5) is 10.3. The largest absolute Gasteiger partial charge is 0.394 e. The average Bonchev–Trinajstić information content (AvgIpc) is 2.47. The van der Waals surface area contributed by atoms with Gasteiger partial charge in [0.1, 0.15) is 0 Å². The monoisotopic (exact) mass is 342 g/mol. The Morgan fingerprint density at radius 1 is 1.35 bits per heavy atom. The normalized spacial score (nSPS) is 17.9. The lowest BCUT2D eigenvalue weighted by molar-refractivity contribution is -0.384. The molecule has 5 nitrogen and oxygen atoms in total. The number of nitro benzene ring substituents is 1. The van der Waals surface area contributed by atoms with Crippen LogP contribution in [-0.4, -0.2) is 22.2 Å². The number of aliphatic hydroxyl groups is 1. The number of non-ortho nitro benzene ring substituents is 1. The van der Waals surface area contributed by atoms with Gasteiger partial charge in [0.2, 0.25) is 0 Å². The van der Waals surface area contributed by atoms with E-state index >= 15 is 0 Å². The molecule has 1 saturated carbocycles. The van der Waals surface area contributed by atoms with Gasteiger partial charge in [-0.1, -0.05) is 35.2 Å². The Hall–Kier alpha value is -0.980. The number of halogens is 1. The maximum atomic E-state index is 10.7. The molecule has 6 heteroatoms. The Kier molecular flexibility index (Phi) is 5.12. The molecule has 1 aromatic carbocycles. The maximum absolute atomic E-state index is 10.7. The Morgan fingerprint density at radius 2 is 2.05 bits per heavy atom. The molecular formula is C14H19BrN2O3. The van der Waals surface area contributed by atoms with Crippen molar-refractivity contribution in [1.82, 2.24) is 5.32 Å². The van der Waals surface area contributed by atoms with E-state index in [9.17, 15) is 15.2 Å². The van der Waals surface area contributed by atoms with Crippen LogP contribution >= 0.6 is 15.9 Å². The van der Waals surface area contributed by atoms with E-state index < -0.39 is 4.92 Å². The van der Waals surface area contributed by atoms with Crippen LogP contribution in [0.1, 0.15) is 37.7 Å². The van der Waals surface area contributed by atoms with Gasteiger partial charge in [0.15, 0.2) is 0 Å². The molecule has 1 fully saturated rings. The van der Waals surface area contributed by atoms with Gasteiger partial charge in [-0.2, -0.15) is 0 Å². The molecule has 20 heavy (non-hydrogen) atoms. The van der Waals surface area contributed by atoms with Crippen LogP contribution < -0.4 is 5.32 Å². The van der Waals surface area contributed by atoms with E-state index in [4.69, 9.17) is 0 Å². The Labute approximate surface area is 126 Å². The van der Waals surface area contributed by atoms with Gasteiger partial charge in [-0.05, 0) is 24.5 Å². The third-order valence-corrected chi connectivity index (χ3v) is 4.75. The summed E-state index contributed by atoms with van der Waals surface area (Å²) in [5, 5.41) is 23.8. The van der Waals surface area contributed by atoms with Crippen molar-refractivity contribution in [1.29, 1.82) is 0 Å². The first-order valence-electron chi connectivity index (χ1n) is 6.85. The molecule has 1 aliphatic carbocycles. The van der Waals surface area contributed by atoms with Gasteiger partial charge in [-0.3, -0.25) is 10.1 Å². The minimum Gasteiger partial charge on any atom is -0.394 e. The highest BCUT2D eigenvalue weighted by Crippen LogP contribution is 2.29. The Balaban J connectivity index is 2.04. The van der Waals surface area contributed by atoms with Gasteiger partial charge in [-0.15, -0.1) is 0 Å². The maximum Gasteiger partial charge on any atom is 0.270 e. The smallest absolute Gasteiger partial charge is 0.270 e. The van der Waals surface area contributed by atoms with Crippen LogP contribution in [0.25, 0.3) is 0 Å². The van der Waals surface area contributed by atoms with E-state index in [-0.39, 0.29) is 17.8 Å². The van der Waals surface area contributed by atoms with Crippen molar-refractivity contribution < 1.29 is 10.0 Å². The zero-order valence-corrected chi connectivity index (χ0v) is 12.9. The minimum atomic E-state index is -0.404. The lowest BCUT2D eigenvalue weighted by atomic mass is 9.82. The molecule has 0 heterocycles. The summed E-state index contributed by atoms with van der Waals surface area (Å²) in [6.45, 7) is 0.733. The SMILES string of the molecule is O=[N+]([O-])c1ccc(CNC2(CO)CCCCC2)c(Br)c1. The lowest BCUT2D eigenvalue weighted by Crippen LogP contribution is -2.49. The zero-order valence-electron chi connectivity index (χ0n) is 11.3. The molecule has 2 rings (SSSR count). The molecule has 0 aromatic heterocycles. The van der Waals surface area contributed by atoms with E-state index in [2.05, 4.69) is 21.2 Å². The standard InChI is InChI=1S/C14H19BrN2O3/c15-13-8-12(17(19)20)5-4-11(13)9-16-14(10-18)6-2-1-3-7-14/h4-5,8,16,18H,1-3,6-7,9-10H2. The fourth-order valence-corrected chi connectivity index (χ4v) is 3.20. The third-order valence-electron chi connectivity index (χ3n) is 4.01. The molecular weight excluding hydrogens is 324 g/mol. The van der Waals surface area contributed by atoms with Crippen molar-refractivity contribution >= 4 is 21.6 Å². The molecule has 0 bridgehead atoms. The number of nitrogens with one attached hydrogen (secondary N) is 1. The van der Waals surface area contributed by atoms with Crippen LogP contribution in [-0.2, 0) is 6.54 Å². The lowest BCUT2D eigenvalue weighted by Gasteiger charge is -2.36. The van der Waals surface area contributed by atoms with Crippen molar-refractivity contribution in [3.8, 4) is 0 Å². The number of nitrogens with zero attached hydrogens (tertiary/aromatic N) is 1. The van der Waals surface area contributed by atoms with Crippen LogP contribution in [0.5, 0.6) is 0 Å². The van der Waals surface area contributed by atoms with E-state index in [1.807, 2.05) is 0 Å². The summed E-state index contributed by atoms with van der Waals surface area (Å²) in [6.07, 6.45) is 5.46. The highest BCUT2D eigenvalue weighted by Gasteiger charge is 2.30.